The van der Waals surface area contributed by atoms with Crippen molar-refractivity contribution in [2.45, 2.75) is 45.3 Å². The number of carbonyl (C=O) groups excluding carboxylic acids is 2. The Kier molecular flexibility index (Phi) is 2.24. The van der Waals surface area contributed by atoms with Gasteiger partial charge < -0.3 is 9.64 Å². The fourth-order valence-electron chi connectivity index (χ4n) is 2.29. The van der Waals surface area contributed by atoms with Crippen molar-refractivity contribution < 1.29 is 14.3 Å². The summed E-state index contributed by atoms with van der Waals surface area (Å²) in [6, 6.07) is 0.0948. The molecule has 4 heteroatoms. The number of hydrogen-bond acceptors (Lipinski definition) is 3. The molecule has 1 aliphatic carbocycles. The van der Waals surface area contributed by atoms with E-state index in [1.807, 2.05) is 20.8 Å². The quantitative estimate of drug-likeness (QED) is 0.611. The summed E-state index contributed by atoms with van der Waals surface area (Å²) in [5.74, 6) is 0.377. The second-order valence-electron chi connectivity index (χ2n) is 5.39. The fourth-order valence-corrected chi connectivity index (χ4v) is 2.29. The molecule has 1 saturated heterocycles. The van der Waals surface area contributed by atoms with Gasteiger partial charge in [-0.25, -0.2) is 4.79 Å². The number of Topliss-reactive ketones (excluding diaryl/α,β-unsaturated/α-hetero) is 1. The van der Waals surface area contributed by atoms with Crippen LogP contribution in [0.2, 0.25) is 0 Å². The number of ether oxygens (including phenoxy) is 1. The van der Waals surface area contributed by atoms with Crippen molar-refractivity contribution in [1.29, 1.82) is 0 Å². The second kappa shape index (κ2) is 3.22. The van der Waals surface area contributed by atoms with Crippen molar-refractivity contribution in [3.8, 4) is 0 Å². The first kappa shape index (κ1) is 10.5. The number of ketones is 1. The Bertz CT molecular complexity index is 305. The average molecular weight is 211 g/mol. The smallest absolute Gasteiger partial charge is 0.410 e. The van der Waals surface area contributed by atoms with E-state index in [-0.39, 0.29) is 18.1 Å². The van der Waals surface area contributed by atoms with Crippen LogP contribution < -0.4 is 0 Å². The van der Waals surface area contributed by atoms with Gasteiger partial charge in [0.25, 0.3) is 0 Å². The molecule has 0 aromatic heterocycles. The van der Waals surface area contributed by atoms with Crippen molar-refractivity contribution in [3.63, 3.8) is 0 Å². The Balaban J connectivity index is 1.97. The molecular weight excluding hydrogens is 194 g/mol. The third kappa shape index (κ3) is 1.98. The monoisotopic (exact) mass is 211 g/mol. The van der Waals surface area contributed by atoms with Crippen molar-refractivity contribution in [3.05, 3.63) is 0 Å². The minimum absolute atomic E-state index is 0.0718. The lowest BCUT2D eigenvalue weighted by Crippen LogP contribution is -2.43. The van der Waals surface area contributed by atoms with Gasteiger partial charge in [-0.15, -0.1) is 0 Å². The highest BCUT2D eigenvalue weighted by Crippen LogP contribution is 2.35. The lowest BCUT2D eigenvalue weighted by Gasteiger charge is -2.29. The molecule has 15 heavy (non-hydrogen) atoms. The first-order valence-corrected chi connectivity index (χ1v) is 5.39. The van der Waals surface area contributed by atoms with Gasteiger partial charge >= 0.3 is 6.09 Å². The van der Waals surface area contributed by atoms with Crippen molar-refractivity contribution >= 4 is 11.9 Å². The Morgan fingerprint density at radius 2 is 2.13 bits per heavy atom. The SMILES string of the molecule is CC(C)(C)OC(=O)N1C[C@@H]2C[C@@H]1CC2=O. The van der Waals surface area contributed by atoms with Crippen LogP contribution in [-0.2, 0) is 9.53 Å². The Morgan fingerprint density at radius 3 is 2.53 bits per heavy atom. The maximum atomic E-state index is 11.7. The van der Waals surface area contributed by atoms with E-state index in [1.54, 1.807) is 4.90 Å². The zero-order chi connectivity index (χ0) is 11.2. The summed E-state index contributed by atoms with van der Waals surface area (Å²) in [6.07, 6.45) is 1.07. The molecule has 84 valence electrons. The molecular formula is C11H17NO3. The first-order chi connectivity index (χ1) is 6.87. The van der Waals surface area contributed by atoms with Gasteiger partial charge in [0.15, 0.2) is 0 Å². The predicted octanol–water partition coefficient (Wildman–Crippen LogP) is 1.58. The summed E-state index contributed by atoms with van der Waals surface area (Å²) in [7, 11) is 0. The molecule has 0 N–H and O–H groups in total. The Labute approximate surface area is 89.6 Å². The highest BCUT2D eigenvalue weighted by Gasteiger charge is 2.46. The second-order valence-corrected chi connectivity index (χ2v) is 5.39. The minimum atomic E-state index is -0.455. The molecule has 1 saturated carbocycles. The normalized spacial score (nSPS) is 29.8. The average Bonchev–Trinajstić information content (AvgIpc) is 2.58. The number of carbonyl (C=O) groups is 2. The van der Waals surface area contributed by atoms with Crippen LogP contribution in [-0.4, -0.2) is 35.0 Å². The number of hydrogen-bond donors (Lipinski definition) is 0. The van der Waals surface area contributed by atoms with Crippen LogP contribution in [0.4, 0.5) is 4.79 Å². The Hall–Kier alpha value is -1.06. The zero-order valence-electron chi connectivity index (χ0n) is 9.45. The molecule has 2 rings (SSSR count). The number of fused-ring (bicyclic) bond motifs is 2. The Morgan fingerprint density at radius 1 is 1.47 bits per heavy atom. The maximum absolute atomic E-state index is 11.7. The standard InChI is InChI=1S/C11H17NO3/c1-11(2,3)15-10(14)12-6-7-4-8(12)5-9(7)13/h7-8H,4-6H2,1-3H3/t7-,8+/m0/s1. The third-order valence-corrected chi connectivity index (χ3v) is 2.93. The molecule has 1 amide bonds. The summed E-state index contributed by atoms with van der Waals surface area (Å²) < 4.78 is 5.29. The maximum Gasteiger partial charge on any atom is 0.410 e. The largest absolute Gasteiger partial charge is 0.444 e. The van der Waals surface area contributed by atoms with Crippen LogP contribution in [0, 0.1) is 5.92 Å². The summed E-state index contributed by atoms with van der Waals surface area (Å²) in [5.41, 5.74) is -0.455. The number of piperidine rings is 1. The summed E-state index contributed by atoms with van der Waals surface area (Å²) in [6.45, 7) is 6.11. The van der Waals surface area contributed by atoms with Gasteiger partial charge in [0.1, 0.15) is 11.4 Å². The van der Waals surface area contributed by atoms with Crippen molar-refractivity contribution in [2.24, 2.45) is 5.92 Å². The fraction of sp³-hybridized carbons (Fsp3) is 0.818. The molecule has 2 atom stereocenters. The zero-order valence-corrected chi connectivity index (χ0v) is 9.45. The lowest BCUT2D eigenvalue weighted by atomic mass is 10.1. The van der Waals surface area contributed by atoms with Gasteiger partial charge in [-0.05, 0) is 27.2 Å². The van der Waals surface area contributed by atoms with Crippen molar-refractivity contribution in [1.82, 2.24) is 4.90 Å². The van der Waals surface area contributed by atoms with Crippen LogP contribution in [0.3, 0.4) is 0 Å². The summed E-state index contributed by atoms with van der Waals surface area (Å²) in [5, 5.41) is 0. The van der Waals surface area contributed by atoms with Crippen molar-refractivity contribution in [2.75, 3.05) is 6.54 Å². The molecule has 0 spiro atoms. The third-order valence-electron chi connectivity index (χ3n) is 2.93. The first-order valence-electron chi connectivity index (χ1n) is 5.39. The van der Waals surface area contributed by atoms with Gasteiger partial charge in [0.05, 0.1) is 0 Å². The van der Waals surface area contributed by atoms with E-state index in [0.717, 1.165) is 6.42 Å². The van der Waals surface area contributed by atoms with Gasteiger partial charge in [0, 0.05) is 24.9 Å². The van der Waals surface area contributed by atoms with Crippen LogP contribution >= 0.6 is 0 Å². The van der Waals surface area contributed by atoms with E-state index < -0.39 is 5.60 Å². The summed E-state index contributed by atoms with van der Waals surface area (Å²) >= 11 is 0. The molecule has 0 aromatic rings. The van der Waals surface area contributed by atoms with E-state index in [9.17, 15) is 9.59 Å². The van der Waals surface area contributed by atoms with Gasteiger partial charge in [-0.1, -0.05) is 0 Å². The minimum Gasteiger partial charge on any atom is -0.444 e. The predicted molar refractivity (Wildman–Crippen MR) is 54.5 cm³/mol. The van der Waals surface area contributed by atoms with Crippen LogP contribution in [0.1, 0.15) is 33.6 Å². The molecule has 2 bridgehead atoms. The number of amides is 1. The van der Waals surface area contributed by atoms with Crippen LogP contribution in [0.25, 0.3) is 0 Å². The van der Waals surface area contributed by atoms with Gasteiger partial charge in [-0.3, -0.25) is 4.79 Å². The van der Waals surface area contributed by atoms with E-state index >= 15 is 0 Å². The highest BCUT2D eigenvalue weighted by molar-refractivity contribution is 5.87. The molecule has 2 aliphatic rings. The number of nitrogens with zero attached hydrogens (tertiary/aromatic N) is 1. The topological polar surface area (TPSA) is 46.6 Å². The van der Waals surface area contributed by atoms with Gasteiger partial charge in [0.2, 0.25) is 0 Å². The highest BCUT2D eigenvalue weighted by atomic mass is 16.6. The molecule has 0 radical (unpaired) electrons. The molecule has 0 aromatic carbocycles. The van der Waals surface area contributed by atoms with E-state index in [4.69, 9.17) is 4.74 Å². The lowest BCUT2D eigenvalue weighted by molar-refractivity contribution is -0.122. The van der Waals surface area contributed by atoms with Crippen LogP contribution in [0.5, 0.6) is 0 Å². The van der Waals surface area contributed by atoms with E-state index in [2.05, 4.69) is 0 Å². The van der Waals surface area contributed by atoms with E-state index in [1.165, 1.54) is 0 Å². The molecule has 1 aliphatic heterocycles. The molecule has 4 nitrogen and oxygen atoms in total. The molecule has 2 fully saturated rings. The molecule has 0 unspecified atom stereocenters. The number of rotatable bonds is 0. The van der Waals surface area contributed by atoms with Gasteiger partial charge in [-0.2, -0.15) is 0 Å². The summed E-state index contributed by atoms with van der Waals surface area (Å²) in [4.78, 5) is 24.8. The number of likely N-dealkylation sites (tertiary alicyclic amines) is 1. The van der Waals surface area contributed by atoms with Crippen LogP contribution in [0.15, 0.2) is 0 Å². The van der Waals surface area contributed by atoms with E-state index in [0.29, 0.717) is 18.7 Å². The molecule has 1 heterocycles.